The van der Waals surface area contributed by atoms with Gasteiger partial charge in [0.2, 0.25) is 5.91 Å². The summed E-state index contributed by atoms with van der Waals surface area (Å²) in [4.78, 5) is 37.9. The van der Waals surface area contributed by atoms with Crippen molar-refractivity contribution in [3.63, 3.8) is 0 Å². The molecule has 11 nitrogen and oxygen atoms in total. The van der Waals surface area contributed by atoms with E-state index in [9.17, 15) is 14.4 Å². The second-order valence-corrected chi connectivity index (χ2v) is 9.09. The Morgan fingerprint density at radius 1 is 1.14 bits per heavy atom. The van der Waals surface area contributed by atoms with Crippen LogP contribution in [0.3, 0.4) is 0 Å². The number of hydrogen-bond acceptors (Lipinski definition) is 8. The van der Waals surface area contributed by atoms with Crippen molar-refractivity contribution in [3.05, 3.63) is 66.0 Å². The minimum atomic E-state index is -1.27. The van der Waals surface area contributed by atoms with Gasteiger partial charge in [-0.1, -0.05) is 54.2 Å². The molecule has 0 aliphatic carbocycles. The lowest BCUT2D eigenvalue weighted by Crippen LogP contribution is -2.48. The molecular weight excluding hydrogens is 472 g/mol. The van der Waals surface area contributed by atoms with Crippen LogP contribution in [0.4, 0.5) is 4.79 Å². The number of thioether (sulfide) groups is 1. The number of carbonyl (C=O) groups excluding carboxylic acids is 3. The van der Waals surface area contributed by atoms with Crippen LogP contribution in [-0.2, 0) is 22.2 Å². The number of para-hydroxylation sites is 2. The van der Waals surface area contributed by atoms with Gasteiger partial charge in [0.05, 0.1) is 5.75 Å². The normalized spacial score (nSPS) is 21.1. The van der Waals surface area contributed by atoms with Crippen molar-refractivity contribution in [1.82, 2.24) is 30.5 Å². The van der Waals surface area contributed by atoms with Gasteiger partial charge in [0.15, 0.2) is 28.6 Å². The Balaban J connectivity index is 1.20. The summed E-state index contributed by atoms with van der Waals surface area (Å²) in [6, 6.07) is 15.5. The van der Waals surface area contributed by atoms with Crippen LogP contribution in [0.2, 0.25) is 0 Å². The highest BCUT2D eigenvalue weighted by atomic mass is 32.2. The Morgan fingerprint density at radius 2 is 1.86 bits per heavy atom. The lowest BCUT2D eigenvalue weighted by Gasteiger charge is -2.25. The molecule has 35 heavy (non-hydrogen) atoms. The quantitative estimate of drug-likeness (QED) is 0.393. The van der Waals surface area contributed by atoms with Crippen molar-refractivity contribution in [2.75, 3.05) is 12.4 Å². The number of hydrogen-bond donors (Lipinski definition) is 2. The molecule has 0 bridgehead atoms. The van der Waals surface area contributed by atoms with Crippen molar-refractivity contribution in [3.8, 4) is 11.5 Å². The molecule has 0 radical (unpaired) electrons. The summed E-state index contributed by atoms with van der Waals surface area (Å²) in [5.41, 5.74) is 1.74. The third-order valence-corrected chi connectivity index (χ3v) is 6.80. The van der Waals surface area contributed by atoms with Crippen molar-refractivity contribution in [2.45, 2.75) is 23.7 Å². The second-order valence-electron chi connectivity index (χ2n) is 8.15. The van der Waals surface area contributed by atoms with Gasteiger partial charge in [0.25, 0.3) is 5.91 Å². The van der Waals surface area contributed by atoms with Gasteiger partial charge in [-0.05, 0) is 24.6 Å². The molecule has 5 rings (SSSR count). The van der Waals surface area contributed by atoms with Crippen LogP contribution >= 0.6 is 11.8 Å². The van der Waals surface area contributed by atoms with E-state index in [1.54, 1.807) is 42.8 Å². The van der Waals surface area contributed by atoms with Crippen LogP contribution in [0, 0.1) is 0 Å². The van der Waals surface area contributed by atoms with Gasteiger partial charge >= 0.3 is 6.03 Å². The summed E-state index contributed by atoms with van der Waals surface area (Å²) in [7, 11) is 1.77. The predicted molar refractivity (Wildman–Crippen MR) is 124 cm³/mol. The minimum absolute atomic E-state index is 0.0874. The molecule has 0 unspecified atom stereocenters. The Kier molecular flexibility index (Phi) is 5.81. The molecule has 1 fully saturated rings. The number of benzene rings is 2. The zero-order valence-corrected chi connectivity index (χ0v) is 19.7. The first kappa shape index (κ1) is 22.7. The molecule has 180 valence electrons. The molecule has 1 aromatic heterocycles. The topological polar surface area (TPSA) is 128 Å². The molecule has 2 N–H and O–H groups in total. The minimum Gasteiger partial charge on any atom is -0.485 e. The van der Waals surface area contributed by atoms with Crippen LogP contribution in [0.1, 0.15) is 24.4 Å². The number of nitrogens with zero attached hydrogens (tertiary/aromatic N) is 4. The standard InChI is InChI=1S/C23H22N6O5S/c1-23(14-8-4-3-5-9-14)20(31)29(21(32)24-23)27-18(30)13-35-22-26-25-19(28(22)2)17-12-33-15-10-6-7-11-16(15)34-17/h3-11,17H,12-13H2,1-2H3,(H,24,32)(H,27,30)/t17-,23-/m1/s1. The zero-order valence-electron chi connectivity index (χ0n) is 18.9. The maximum Gasteiger partial charge on any atom is 0.344 e. The van der Waals surface area contributed by atoms with Crippen molar-refractivity contribution in [1.29, 1.82) is 0 Å². The Morgan fingerprint density at radius 3 is 2.63 bits per heavy atom. The van der Waals surface area contributed by atoms with Gasteiger partial charge < -0.3 is 19.4 Å². The van der Waals surface area contributed by atoms with E-state index in [4.69, 9.17) is 9.47 Å². The van der Waals surface area contributed by atoms with E-state index < -0.39 is 29.5 Å². The first-order chi connectivity index (χ1) is 16.9. The van der Waals surface area contributed by atoms with Crippen LogP contribution in [0.5, 0.6) is 11.5 Å². The largest absolute Gasteiger partial charge is 0.485 e. The van der Waals surface area contributed by atoms with Gasteiger partial charge in [-0.2, -0.15) is 5.01 Å². The Bertz CT molecular complexity index is 1300. The Hall–Kier alpha value is -4.06. The summed E-state index contributed by atoms with van der Waals surface area (Å²) >= 11 is 1.12. The molecule has 3 heterocycles. The number of aromatic nitrogens is 3. The maximum absolute atomic E-state index is 12.9. The lowest BCUT2D eigenvalue weighted by molar-refractivity contribution is -0.138. The highest BCUT2D eigenvalue weighted by Crippen LogP contribution is 2.36. The second kappa shape index (κ2) is 8.95. The summed E-state index contributed by atoms with van der Waals surface area (Å²) in [6.45, 7) is 1.88. The number of amides is 4. The summed E-state index contributed by atoms with van der Waals surface area (Å²) in [5.74, 6) is 0.650. The molecular formula is C23H22N6O5S. The number of urea groups is 1. The fourth-order valence-corrected chi connectivity index (χ4v) is 4.58. The number of imide groups is 1. The average molecular weight is 495 g/mol. The molecule has 0 saturated carbocycles. The summed E-state index contributed by atoms with van der Waals surface area (Å²) < 4.78 is 13.4. The van der Waals surface area contributed by atoms with E-state index in [0.717, 1.165) is 11.8 Å². The number of nitrogens with one attached hydrogen (secondary N) is 2. The van der Waals surface area contributed by atoms with Crippen LogP contribution < -0.4 is 20.2 Å². The third-order valence-electron chi connectivity index (χ3n) is 5.78. The van der Waals surface area contributed by atoms with E-state index >= 15 is 0 Å². The lowest BCUT2D eigenvalue weighted by atomic mass is 9.92. The van der Waals surface area contributed by atoms with E-state index in [1.165, 1.54) is 0 Å². The molecule has 2 aromatic carbocycles. The Labute approximate surface area is 204 Å². The number of fused-ring (bicyclic) bond motifs is 1. The van der Waals surface area contributed by atoms with Gasteiger partial charge in [-0.15, -0.1) is 10.2 Å². The molecule has 12 heteroatoms. The number of carbonyl (C=O) groups is 3. The SMILES string of the molecule is Cn1c(SCC(=O)NN2C(=O)N[C@](C)(c3ccccc3)C2=O)nnc1[C@H]1COc2ccccc2O1. The third kappa shape index (κ3) is 4.16. The smallest absolute Gasteiger partial charge is 0.344 e. The fraction of sp³-hybridized carbons (Fsp3) is 0.261. The van der Waals surface area contributed by atoms with Crippen molar-refractivity contribution < 1.29 is 23.9 Å². The zero-order chi connectivity index (χ0) is 24.6. The van der Waals surface area contributed by atoms with Crippen molar-refractivity contribution >= 4 is 29.6 Å². The van der Waals surface area contributed by atoms with Crippen LogP contribution in [0.25, 0.3) is 0 Å². The molecule has 1 saturated heterocycles. The summed E-state index contributed by atoms with van der Waals surface area (Å²) in [6.07, 6.45) is -0.452. The fourth-order valence-electron chi connectivity index (χ4n) is 3.87. The molecule has 2 aliphatic rings. The van der Waals surface area contributed by atoms with E-state index in [-0.39, 0.29) is 12.4 Å². The van der Waals surface area contributed by atoms with E-state index in [2.05, 4.69) is 20.9 Å². The van der Waals surface area contributed by atoms with Crippen LogP contribution in [-0.4, -0.2) is 50.0 Å². The van der Waals surface area contributed by atoms with Gasteiger partial charge in [-0.25, -0.2) is 4.79 Å². The van der Waals surface area contributed by atoms with Gasteiger partial charge in [-0.3, -0.25) is 15.0 Å². The average Bonchev–Trinajstić information content (AvgIpc) is 3.35. The first-order valence-electron chi connectivity index (χ1n) is 10.8. The van der Waals surface area contributed by atoms with Gasteiger partial charge in [0, 0.05) is 7.05 Å². The highest BCUT2D eigenvalue weighted by Gasteiger charge is 2.50. The predicted octanol–water partition coefficient (Wildman–Crippen LogP) is 1.92. The monoisotopic (exact) mass is 494 g/mol. The molecule has 4 amide bonds. The first-order valence-corrected chi connectivity index (χ1v) is 11.8. The molecule has 3 aromatic rings. The molecule has 2 aliphatic heterocycles. The van der Waals surface area contributed by atoms with Crippen LogP contribution in [0.15, 0.2) is 59.8 Å². The van der Waals surface area contributed by atoms with Crippen molar-refractivity contribution in [2.24, 2.45) is 7.05 Å². The van der Waals surface area contributed by atoms with E-state index in [1.807, 2.05) is 30.3 Å². The maximum atomic E-state index is 12.9. The van der Waals surface area contributed by atoms with E-state index in [0.29, 0.717) is 33.1 Å². The molecule has 2 atom stereocenters. The van der Waals surface area contributed by atoms with Gasteiger partial charge in [0.1, 0.15) is 12.1 Å². The number of rotatable bonds is 6. The summed E-state index contributed by atoms with van der Waals surface area (Å²) in [5, 5.41) is 12.2. The highest BCUT2D eigenvalue weighted by molar-refractivity contribution is 7.99. The molecule has 0 spiro atoms. The number of ether oxygens (including phenoxy) is 2. The number of hydrazine groups is 1.